The predicted molar refractivity (Wildman–Crippen MR) is 94.2 cm³/mol. The van der Waals surface area contributed by atoms with E-state index in [1.54, 1.807) is 0 Å². The number of rotatable bonds is 3. The number of hydrogen-bond donors (Lipinski definition) is 3. The molecule has 2 aliphatic rings. The Morgan fingerprint density at radius 3 is 2.71 bits per heavy atom. The molecular weight excluding hydrogens is 298 g/mol. The van der Waals surface area contributed by atoms with E-state index in [1.165, 1.54) is 22.3 Å². The summed E-state index contributed by atoms with van der Waals surface area (Å²) in [6.07, 6.45) is 2.80. The average Bonchev–Trinajstić information content (AvgIpc) is 3.23. The van der Waals surface area contributed by atoms with Crippen molar-refractivity contribution in [3.8, 4) is 0 Å². The van der Waals surface area contributed by atoms with E-state index in [4.69, 9.17) is 0 Å². The molecule has 3 N–H and O–H groups in total. The van der Waals surface area contributed by atoms with Crippen molar-refractivity contribution in [3.05, 3.63) is 70.8 Å². The average molecular weight is 321 g/mol. The lowest BCUT2D eigenvalue weighted by atomic mass is 10.0. The van der Waals surface area contributed by atoms with Crippen molar-refractivity contribution in [1.29, 1.82) is 0 Å². The highest BCUT2D eigenvalue weighted by Crippen LogP contribution is 2.31. The van der Waals surface area contributed by atoms with Gasteiger partial charge in [0.15, 0.2) is 0 Å². The fraction of sp³-hybridized carbons (Fsp3) is 0.350. The molecule has 0 saturated carbocycles. The van der Waals surface area contributed by atoms with Gasteiger partial charge in [-0.15, -0.1) is 0 Å². The fourth-order valence-corrected chi connectivity index (χ4v) is 3.72. The van der Waals surface area contributed by atoms with Gasteiger partial charge in [0.05, 0.1) is 6.04 Å². The highest BCUT2D eigenvalue weighted by molar-refractivity contribution is 5.82. The second-order valence-electron chi connectivity index (χ2n) is 6.84. The van der Waals surface area contributed by atoms with Gasteiger partial charge in [-0.25, -0.2) is 10.9 Å². The minimum atomic E-state index is -0.191. The van der Waals surface area contributed by atoms with Gasteiger partial charge in [0.2, 0.25) is 5.91 Å². The standard InChI is InChI=1S/C20H23N3O/c1-13-6-8-15(9-7-13)18-12-19(23-22-18)20(24)21-17-11-10-14-4-2-3-5-16(14)17/h2-9,17-19,22-23H,10-12H2,1H3,(H,21,24). The summed E-state index contributed by atoms with van der Waals surface area (Å²) in [4.78, 5) is 12.6. The summed E-state index contributed by atoms with van der Waals surface area (Å²) in [6.45, 7) is 2.08. The number of hydrazine groups is 1. The minimum Gasteiger partial charge on any atom is -0.348 e. The molecule has 1 saturated heterocycles. The van der Waals surface area contributed by atoms with Crippen molar-refractivity contribution in [2.24, 2.45) is 0 Å². The molecule has 0 bridgehead atoms. The molecule has 1 aliphatic heterocycles. The van der Waals surface area contributed by atoms with Crippen molar-refractivity contribution in [3.63, 3.8) is 0 Å². The van der Waals surface area contributed by atoms with Crippen LogP contribution in [0.25, 0.3) is 0 Å². The van der Waals surface area contributed by atoms with Crippen molar-refractivity contribution < 1.29 is 4.79 Å². The molecule has 0 spiro atoms. The lowest BCUT2D eigenvalue weighted by Crippen LogP contribution is -2.44. The lowest BCUT2D eigenvalue weighted by molar-refractivity contribution is -0.123. The molecule has 1 fully saturated rings. The molecule has 1 aliphatic carbocycles. The third-order valence-electron chi connectivity index (χ3n) is 5.15. The molecule has 3 unspecified atom stereocenters. The molecule has 1 amide bonds. The van der Waals surface area contributed by atoms with E-state index in [9.17, 15) is 4.79 Å². The van der Waals surface area contributed by atoms with Crippen LogP contribution in [0.2, 0.25) is 0 Å². The molecule has 24 heavy (non-hydrogen) atoms. The number of hydrogen-bond acceptors (Lipinski definition) is 3. The summed E-state index contributed by atoms with van der Waals surface area (Å²) in [5.74, 6) is 0.0822. The van der Waals surface area contributed by atoms with E-state index in [0.717, 1.165) is 19.3 Å². The predicted octanol–water partition coefficient (Wildman–Crippen LogP) is 2.71. The maximum Gasteiger partial charge on any atom is 0.239 e. The summed E-state index contributed by atoms with van der Waals surface area (Å²) in [5, 5.41) is 3.22. The number of carbonyl (C=O) groups excluding carboxylic acids is 1. The summed E-state index contributed by atoms with van der Waals surface area (Å²) in [7, 11) is 0. The van der Waals surface area contributed by atoms with Crippen molar-refractivity contribution >= 4 is 5.91 Å². The molecule has 4 nitrogen and oxygen atoms in total. The van der Waals surface area contributed by atoms with Crippen LogP contribution >= 0.6 is 0 Å². The summed E-state index contributed by atoms with van der Waals surface area (Å²) in [5.41, 5.74) is 11.5. The number of nitrogens with one attached hydrogen (secondary N) is 3. The van der Waals surface area contributed by atoms with Crippen LogP contribution in [0, 0.1) is 6.92 Å². The third kappa shape index (κ3) is 2.95. The van der Waals surface area contributed by atoms with Gasteiger partial charge in [-0.3, -0.25) is 4.79 Å². The zero-order chi connectivity index (χ0) is 16.5. The minimum absolute atomic E-state index is 0.0822. The van der Waals surface area contributed by atoms with Crippen LogP contribution in [0.5, 0.6) is 0 Å². The molecule has 4 rings (SSSR count). The maximum atomic E-state index is 12.6. The lowest BCUT2D eigenvalue weighted by Gasteiger charge is -2.17. The van der Waals surface area contributed by atoms with Crippen LogP contribution in [-0.2, 0) is 11.2 Å². The highest BCUT2D eigenvalue weighted by atomic mass is 16.2. The molecule has 4 heteroatoms. The van der Waals surface area contributed by atoms with Crippen LogP contribution in [0.1, 0.15) is 47.2 Å². The Morgan fingerprint density at radius 1 is 1.08 bits per heavy atom. The van der Waals surface area contributed by atoms with E-state index in [1.807, 2.05) is 6.07 Å². The molecular formula is C20H23N3O. The monoisotopic (exact) mass is 321 g/mol. The Balaban J connectivity index is 1.39. The van der Waals surface area contributed by atoms with Gasteiger partial charge in [0, 0.05) is 6.04 Å². The first-order valence-corrected chi connectivity index (χ1v) is 8.66. The molecule has 0 aromatic heterocycles. The normalized spacial score (nSPS) is 25.5. The summed E-state index contributed by atoms with van der Waals surface area (Å²) < 4.78 is 0. The Morgan fingerprint density at radius 2 is 1.88 bits per heavy atom. The Kier molecular flexibility index (Phi) is 4.08. The summed E-state index contributed by atoms with van der Waals surface area (Å²) >= 11 is 0. The number of fused-ring (bicyclic) bond motifs is 1. The zero-order valence-corrected chi connectivity index (χ0v) is 13.9. The molecule has 124 valence electrons. The van der Waals surface area contributed by atoms with Gasteiger partial charge in [0.25, 0.3) is 0 Å². The smallest absolute Gasteiger partial charge is 0.239 e. The third-order valence-corrected chi connectivity index (χ3v) is 5.15. The molecule has 2 aromatic rings. The quantitative estimate of drug-likeness (QED) is 0.815. The van der Waals surface area contributed by atoms with Gasteiger partial charge < -0.3 is 5.32 Å². The van der Waals surface area contributed by atoms with Crippen LogP contribution in [0.4, 0.5) is 0 Å². The molecule has 2 aromatic carbocycles. The van der Waals surface area contributed by atoms with Crippen molar-refractivity contribution in [2.75, 3.05) is 0 Å². The second-order valence-corrected chi connectivity index (χ2v) is 6.84. The van der Waals surface area contributed by atoms with E-state index < -0.39 is 0 Å². The number of benzene rings is 2. The van der Waals surface area contributed by atoms with Crippen LogP contribution in [-0.4, -0.2) is 11.9 Å². The number of amides is 1. The number of carbonyl (C=O) groups is 1. The largest absolute Gasteiger partial charge is 0.348 e. The number of aryl methyl sites for hydroxylation is 2. The Bertz CT molecular complexity index is 741. The van der Waals surface area contributed by atoms with Crippen molar-refractivity contribution in [1.82, 2.24) is 16.2 Å². The van der Waals surface area contributed by atoms with Gasteiger partial charge >= 0.3 is 0 Å². The van der Waals surface area contributed by atoms with Crippen LogP contribution in [0.3, 0.4) is 0 Å². The topological polar surface area (TPSA) is 53.2 Å². The van der Waals surface area contributed by atoms with E-state index >= 15 is 0 Å². The van der Waals surface area contributed by atoms with Gasteiger partial charge in [-0.05, 0) is 42.9 Å². The first kappa shape index (κ1) is 15.4. The van der Waals surface area contributed by atoms with Gasteiger partial charge in [0.1, 0.15) is 6.04 Å². The van der Waals surface area contributed by atoms with E-state index in [2.05, 4.69) is 65.6 Å². The van der Waals surface area contributed by atoms with E-state index in [-0.39, 0.29) is 24.0 Å². The molecule has 1 heterocycles. The Labute approximate surface area is 142 Å². The molecule has 0 radical (unpaired) electrons. The van der Waals surface area contributed by atoms with Crippen LogP contribution in [0.15, 0.2) is 48.5 Å². The van der Waals surface area contributed by atoms with Gasteiger partial charge in [-0.2, -0.15) is 0 Å². The van der Waals surface area contributed by atoms with E-state index in [0.29, 0.717) is 0 Å². The second kappa shape index (κ2) is 6.38. The van der Waals surface area contributed by atoms with Crippen LogP contribution < -0.4 is 16.2 Å². The first-order valence-electron chi connectivity index (χ1n) is 8.66. The first-order chi connectivity index (χ1) is 11.7. The van der Waals surface area contributed by atoms with Crippen molar-refractivity contribution in [2.45, 2.75) is 44.3 Å². The van der Waals surface area contributed by atoms with Gasteiger partial charge in [-0.1, -0.05) is 54.1 Å². The fourth-order valence-electron chi connectivity index (χ4n) is 3.72. The Hall–Kier alpha value is -2.17. The highest BCUT2D eigenvalue weighted by Gasteiger charge is 2.32. The summed E-state index contributed by atoms with van der Waals surface area (Å²) in [6, 6.07) is 17.0. The SMILES string of the molecule is Cc1ccc(C2CC(C(=O)NC3CCc4ccccc43)NN2)cc1. The molecule has 3 atom stereocenters. The maximum absolute atomic E-state index is 12.6. The zero-order valence-electron chi connectivity index (χ0n) is 13.9.